The summed E-state index contributed by atoms with van der Waals surface area (Å²) in [4.78, 5) is 45.6. The van der Waals surface area contributed by atoms with Crippen molar-refractivity contribution >= 4 is 34.3 Å². The molecule has 174 valence electrons. The number of amides is 2. The van der Waals surface area contributed by atoms with Gasteiger partial charge in [0.15, 0.2) is 5.60 Å². The lowest BCUT2D eigenvalue weighted by Gasteiger charge is -2.32. The molecule has 34 heavy (non-hydrogen) atoms. The third-order valence-electron chi connectivity index (χ3n) is 6.99. The number of hydrogen-bond acceptors (Lipinski definition) is 6. The maximum atomic E-state index is 13.5. The number of urea groups is 1. The number of carbonyl (C=O) groups excluding carboxylic acids is 2. The lowest BCUT2D eigenvalue weighted by atomic mass is 9.86. The molecule has 2 N–H and O–H groups in total. The van der Waals surface area contributed by atoms with Crippen molar-refractivity contribution in [1.82, 2.24) is 9.55 Å². The number of nitrogens with zero attached hydrogens (tertiary/aromatic N) is 3. The molecule has 1 atom stereocenters. The Balaban J connectivity index is 1.67. The van der Waals surface area contributed by atoms with E-state index < -0.39 is 11.6 Å². The number of esters is 1. The van der Waals surface area contributed by atoms with Crippen molar-refractivity contribution in [3.05, 3.63) is 51.3 Å². The van der Waals surface area contributed by atoms with E-state index in [0.717, 1.165) is 16.6 Å². The number of fused-ring (bicyclic) bond motifs is 5. The van der Waals surface area contributed by atoms with E-state index in [1.807, 2.05) is 32.0 Å². The Morgan fingerprint density at radius 2 is 2.03 bits per heavy atom. The van der Waals surface area contributed by atoms with Gasteiger partial charge in [0.2, 0.25) is 0 Å². The summed E-state index contributed by atoms with van der Waals surface area (Å²) in [5.74, 6) is -0.535. The number of anilines is 2. The van der Waals surface area contributed by atoms with Crippen molar-refractivity contribution in [2.24, 2.45) is 5.92 Å². The lowest BCUT2D eigenvalue weighted by molar-refractivity contribution is -0.172. The van der Waals surface area contributed by atoms with Gasteiger partial charge in [-0.3, -0.25) is 9.69 Å². The Kier molecular flexibility index (Phi) is 4.23. The first-order valence-electron chi connectivity index (χ1n) is 11.5. The highest BCUT2D eigenvalue weighted by atomic mass is 16.6. The number of pyridine rings is 2. The van der Waals surface area contributed by atoms with Crippen LogP contribution in [0.1, 0.15) is 43.9 Å². The van der Waals surface area contributed by atoms with E-state index in [0.29, 0.717) is 29.1 Å². The second-order valence-corrected chi connectivity index (χ2v) is 9.52. The molecule has 0 radical (unpaired) electrons. The van der Waals surface area contributed by atoms with Crippen LogP contribution in [0.3, 0.4) is 0 Å². The van der Waals surface area contributed by atoms with Crippen molar-refractivity contribution in [2.45, 2.75) is 45.9 Å². The first kappa shape index (κ1) is 20.9. The zero-order valence-electron chi connectivity index (χ0n) is 19.1. The number of ether oxygens (including phenoxy) is 1. The highest BCUT2D eigenvalue weighted by molar-refractivity contribution is 6.19. The Hall–Kier alpha value is -3.72. The fourth-order valence-electron chi connectivity index (χ4n) is 5.33. The molecule has 9 nitrogen and oxygen atoms in total. The number of benzene rings is 1. The number of hydrogen-bond donors (Lipinski definition) is 2. The molecule has 0 bridgehead atoms. The van der Waals surface area contributed by atoms with Gasteiger partial charge in [-0.15, -0.1) is 0 Å². The predicted molar refractivity (Wildman–Crippen MR) is 126 cm³/mol. The molecule has 0 fully saturated rings. The smallest absolute Gasteiger partial charge is 0.343 e. The highest BCUT2D eigenvalue weighted by Gasteiger charge is 2.46. The van der Waals surface area contributed by atoms with Gasteiger partial charge in [0.1, 0.15) is 6.61 Å². The quantitative estimate of drug-likeness (QED) is 0.454. The number of rotatable bonds is 3. The van der Waals surface area contributed by atoms with Gasteiger partial charge < -0.3 is 19.7 Å². The Morgan fingerprint density at radius 1 is 1.24 bits per heavy atom. The molecule has 0 spiro atoms. The molecule has 0 saturated carbocycles. The molecule has 1 unspecified atom stereocenters. The van der Waals surface area contributed by atoms with Crippen LogP contribution in [-0.4, -0.2) is 33.2 Å². The standard InChI is InChI=1S/C25H24N4O5/c1-4-25(33)15-8-18-20-13(10-28(18)22(30)14(15)11-34-23(25)31)21-19-16(26-20)6-5-7-17(19)27-24(32)29(21)9-12(2)3/h5-8,12,33H,4,9-11H2,1-3H3,(H,27,32). The molecule has 3 aromatic rings. The van der Waals surface area contributed by atoms with Gasteiger partial charge in [0.05, 0.1) is 40.4 Å². The molecule has 1 aromatic carbocycles. The Bertz CT molecular complexity index is 1490. The van der Waals surface area contributed by atoms with Gasteiger partial charge in [-0.1, -0.05) is 26.8 Å². The third-order valence-corrected chi connectivity index (χ3v) is 6.99. The average molecular weight is 460 g/mol. The minimum atomic E-state index is -1.88. The molecular formula is C25H24N4O5. The lowest BCUT2D eigenvalue weighted by Crippen LogP contribution is -2.44. The molecule has 2 amide bonds. The van der Waals surface area contributed by atoms with Crippen LogP contribution in [0.25, 0.3) is 22.3 Å². The van der Waals surface area contributed by atoms with Gasteiger partial charge in [-0.2, -0.15) is 0 Å². The van der Waals surface area contributed by atoms with E-state index in [1.165, 1.54) is 0 Å². The van der Waals surface area contributed by atoms with Gasteiger partial charge in [-0.25, -0.2) is 14.6 Å². The monoisotopic (exact) mass is 460 g/mol. The van der Waals surface area contributed by atoms with Crippen LogP contribution in [0, 0.1) is 5.92 Å². The minimum absolute atomic E-state index is 0.0800. The van der Waals surface area contributed by atoms with Gasteiger partial charge in [0, 0.05) is 23.1 Å². The summed E-state index contributed by atoms with van der Waals surface area (Å²) in [5, 5.41) is 14.9. The van der Waals surface area contributed by atoms with Crippen LogP contribution in [0.15, 0.2) is 29.1 Å². The van der Waals surface area contributed by atoms with Crippen LogP contribution >= 0.6 is 0 Å². The maximum absolute atomic E-state index is 13.5. The fourth-order valence-corrected chi connectivity index (χ4v) is 5.33. The van der Waals surface area contributed by atoms with Crippen LogP contribution < -0.4 is 15.8 Å². The molecule has 3 aliphatic heterocycles. The molecule has 5 heterocycles. The van der Waals surface area contributed by atoms with Crippen molar-refractivity contribution < 1.29 is 19.4 Å². The summed E-state index contributed by atoms with van der Waals surface area (Å²) in [6.45, 7) is 6.33. The zero-order valence-corrected chi connectivity index (χ0v) is 19.1. The molecular weight excluding hydrogens is 436 g/mol. The average Bonchev–Trinajstić information content (AvgIpc) is 3.17. The van der Waals surface area contributed by atoms with Crippen molar-refractivity contribution in [3.63, 3.8) is 0 Å². The molecule has 2 aromatic heterocycles. The van der Waals surface area contributed by atoms with E-state index in [1.54, 1.807) is 22.5 Å². The first-order chi connectivity index (χ1) is 16.2. The fraction of sp³-hybridized carbons (Fsp3) is 0.360. The summed E-state index contributed by atoms with van der Waals surface area (Å²) in [6, 6.07) is 7.04. The second-order valence-electron chi connectivity index (χ2n) is 9.52. The highest BCUT2D eigenvalue weighted by Crippen LogP contribution is 2.46. The number of aliphatic hydroxyl groups is 1. The second kappa shape index (κ2) is 6.89. The molecule has 0 aliphatic carbocycles. The Morgan fingerprint density at radius 3 is 2.76 bits per heavy atom. The van der Waals surface area contributed by atoms with Crippen LogP contribution in [0.2, 0.25) is 0 Å². The zero-order chi connectivity index (χ0) is 23.9. The molecule has 9 heteroatoms. The van der Waals surface area contributed by atoms with Crippen molar-refractivity contribution in [2.75, 3.05) is 16.8 Å². The number of carbonyl (C=O) groups is 2. The van der Waals surface area contributed by atoms with E-state index in [4.69, 9.17) is 9.72 Å². The van der Waals surface area contributed by atoms with Crippen LogP contribution in [-0.2, 0) is 28.3 Å². The number of aromatic nitrogens is 2. The van der Waals surface area contributed by atoms with E-state index in [9.17, 15) is 19.5 Å². The molecule has 0 saturated heterocycles. The minimum Gasteiger partial charge on any atom is -0.458 e. The van der Waals surface area contributed by atoms with Crippen LogP contribution in [0.4, 0.5) is 16.2 Å². The SMILES string of the molecule is CCC1(O)C(=O)OCc2c1cc1n(c2=O)Cc2c-1nc1cccc3c1c2N(CC(C)C)C(=O)N3. The summed E-state index contributed by atoms with van der Waals surface area (Å²) in [7, 11) is 0. The van der Waals surface area contributed by atoms with E-state index in [-0.39, 0.29) is 48.2 Å². The maximum Gasteiger partial charge on any atom is 0.343 e. The van der Waals surface area contributed by atoms with Gasteiger partial charge in [-0.05, 0) is 30.5 Å². The van der Waals surface area contributed by atoms with E-state index >= 15 is 0 Å². The van der Waals surface area contributed by atoms with E-state index in [2.05, 4.69) is 5.32 Å². The molecule has 3 aliphatic rings. The van der Waals surface area contributed by atoms with Crippen LogP contribution in [0.5, 0.6) is 0 Å². The Labute approximate surface area is 195 Å². The topological polar surface area (TPSA) is 114 Å². The van der Waals surface area contributed by atoms with Gasteiger partial charge in [0.25, 0.3) is 5.56 Å². The normalized spacial score (nSPS) is 20.2. The largest absolute Gasteiger partial charge is 0.458 e. The summed E-state index contributed by atoms with van der Waals surface area (Å²) in [5.41, 5.74) is 2.38. The van der Waals surface area contributed by atoms with Crippen molar-refractivity contribution in [1.29, 1.82) is 0 Å². The summed E-state index contributed by atoms with van der Waals surface area (Å²) >= 11 is 0. The van der Waals surface area contributed by atoms with Gasteiger partial charge >= 0.3 is 12.0 Å². The predicted octanol–water partition coefficient (Wildman–Crippen LogP) is 3.09. The number of nitrogens with one attached hydrogen (secondary N) is 1. The summed E-state index contributed by atoms with van der Waals surface area (Å²) in [6.07, 6.45) is 0.0800. The third kappa shape index (κ3) is 2.58. The molecule has 6 rings (SSSR count). The first-order valence-corrected chi connectivity index (χ1v) is 11.5. The number of cyclic esters (lactones) is 1. The summed E-state index contributed by atoms with van der Waals surface area (Å²) < 4.78 is 6.76. The van der Waals surface area contributed by atoms with Crippen molar-refractivity contribution in [3.8, 4) is 11.4 Å².